The van der Waals surface area contributed by atoms with E-state index in [-0.39, 0.29) is 0 Å². The highest BCUT2D eigenvalue weighted by Gasteiger charge is 2.26. The Bertz CT molecular complexity index is 427. The average Bonchev–Trinajstić information content (AvgIpc) is 2.73. The topological polar surface area (TPSA) is 12.0 Å². The number of hydrogen-bond acceptors (Lipinski definition) is 2. The molecule has 0 spiro atoms. The maximum atomic E-state index is 3.65. The molecule has 1 nitrogen and oxygen atoms in total. The Kier molecular flexibility index (Phi) is 3.18. The summed E-state index contributed by atoms with van der Waals surface area (Å²) < 4.78 is 0. The van der Waals surface area contributed by atoms with Crippen LogP contribution >= 0.6 is 11.8 Å². The molecule has 0 fully saturated rings. The lowest BCUT2D eigenvalue weighted by atomic mass is 9.97. The van der Waals surface area contributed by atoms with Crippen molar-refractivity contribution < 1.29 is 0 Å². The van der Waals surface area contributed by atoms with E-state index in [2.05, 4.69) is 43.1 Å². The van der Waals surface area contributed by atoms with Crippen LogP contribution in [0.15, 0.2) is 17.0 Å². The lowest BCUT2D eigenvalue weighted by molar-refractivity contribution is 0.500. The van der Waals surface area contributed by atoms with Crippen LogP contribution < -0.4 is 5.32 Å². The third-order valence-corrected chi connectivity index (χ3v) is 5.15. The van der Waals surface area contributed by atoms with Crippen LogP contribution in [-0.2, 0) is 12.8 Å². The van der Waals surface area contributed by atoms with Gasteiger partial charge in [0.15, 0.2) is 0 Å². The first-order chi connectivity index (χ1) is 8.28. The van der Waals surface area contributed by atoms with Gasteiger partial charge in [-0.1, -0.05) is 19.9 Å². The third kappa shape index (κ3) is 2.13. The van der Waals surface area contributed by atoms with Crippen LogP contribution in [0, 0.1) is 0 Å². The average molecular weight is 247 g/mol. The first kappa shape index (κ1) is 11.6. The van der Waals surface area contributed by atoms with Gasteiger partial charge in [-0.2, -0.15) is 0 Å². The Hall–Kier alpha value is -0.470. The first-order valence-electron chi connectivity index (χ1n) is 6.83. The van der Waals surface area contributed by atoms with Gasteiger partial charge in [0.05, 0.1) is 0 Å². The maximum absolute atomic E-state index is 3.65. The zero-order valence-electron chi connectivity index (χ0n) is 10.8. The van der Waals surface area contributed by atoms with Gasteiger partial charge >= 0.3 is 0 Å². The van der Waals surface area contributed by atoms with Crippen molar-refractivity contribution in [3.8, 4) is 0 Å². The van der Waals surface area contributed by atoms with E-state index >= 15 is 0 Å². The molecule has 0 saturated carbocycles. The highest BCUT2D eigenvalue weighted by atomic mass is 32.2. The fourth-order valence-corrected chi connectivity index (χ4v) is 4.43. The van der Waals surface area contributed by atoms with Crippen molar-refractivity contribution in [2.45, 2.75) is 55.7 Å². The third-order valence-electron chi connectivity index (χ3n) is 3.95. The molecule has 1 aliphatic heterocycles. The molecule has 2 unspecified atom stereocenters. The molecule has 17 heavy (non-hydrogen) atoms. The van der Waals surface area contributed by atoms with Crippen LogP contribution in [0.4, 0.5) is 0 Å². The number of thioether (sulfide) groups is 1. The minimum Gasteiger partial charge on any atom is -0.310 e. The Morgan fingerprint density at radius 2 is 2.06 bits per heavy atom. The van der Waals surface area contributed by atoms with Crippen LogP contribution in [0.2, 0.25) is 0 Å². The monoisotopic (exact) mass is 247 g/mol. The summed E-state index contributed by atoms with van der Waals surface area (Å²) in [7, 11) is 0. The minimum atomic E-state index is 0.581. The number of benzene rings is 1. The summed E-state index contributed by atoms with van der Waals surface area (Å²) >= 11 is 2.07. The SMILES string of the molecule is CCNC1CC(C)Sc2cc3c(cc21)CCC3. The lowest BCUT2D eigenvalue weighted by Gasteiger charge is -2.30. The summed E-state index contributed by atoms with van der Waals surface area (Å²) in [5.41, 5.74) is 4.79. The van der Waals surface area contributed by atoms with Crippen LogP contribution in [-0.4, -0.2) is 11.8 Å². The smallest absolute Gasteiger partial charge is 0.0341 e. The molecule has 1 heterocycles. The Labute approximate surface area is 108 Å². The lowest BCUT2D eigenvalue weighted by Crippen LogP contribution is -2.27. The molecule has 1 N–H and O–H groups in total. The first-order valence-corrected chi connectivity index (χ1v) is 7.71. The molecule has 92 valence electrons. The van der Waals surface area contributed by atoms with Crippen molar-refractivity contribution in [1.82, 2.24) is 5.32 Å². The van der Waals surface area contributed by atoms with Gasteiger partial charge in [0, 0.05) is 16.2 Å². The summed E-state index contributed by atoms with van der Waals surface area (Å²) in [4.78, 5) is 1.54. The second-order valence-corrected chi connectivity index (χ2v) is 6.77. The van der Waals surface area contributed by atoms with Gasteiger partial charge in [-0.05, 0) is 55.0 Å². The van der Waals surface area contributed by atoms with Gasteiger partial charge in [-0.3, -0.25) is 0 Å². The number of aryl methyl sites for hydroxylation is 2. The molecule has 2 aliphatic rings. The van der Waals surface area contributed by atoms with Crippen LogP contribution in [0.1, 0.15) is 49.4 Å². The van der Waals surface area contributed by atoms with Gasteiger partial charge in [-0.25, -0.2) is 0 Å². The van der Waals surface area contributed by atoms with E-state index in [1.165, 1.54) is 30.6 Å². The minimum absolute atomic E-state index is 0.581. The number of hydrogen-bond donors (Lipinski definition) is 1. The molecule has 1 aromatic rings. The van der Waals surface area contributed by atoms with Crippen LogP contribution in [0.25, 0.3) is 0 Å². The Balaban J connectivity index is 2.01. The normalized spacial score (nSPS) is 26.7. The number of fused-ring (bicyclic) bond motifs is 2. The van der Waals surface area contributed by atoms with E-state index in [9.17, 15) is 0 Å². The molecular weight excluding hydrogens is 226 g/mol. The van der Waals surface area contributed by atoms with Gasteiger partial charge in [0.1, 0.15) is 0 Å². The predicted molar refractivity (Wildman–Crippen MR) is 74.8 cm³/mol. The molecule has 2 heteroatoms. The van der Waals surface area contributed by atoms with E-state index < -0.39 is 0 Å². The standard InChI is InChI=1S/C15H21NS/c1-3-16-14-7-10(2)17-15-9-12-6-4-5-11(12)8-13(14)15/h8-10,14,16H,3-7H2,1-2H3. The quantitative estimate of drug-likeness (QED) is 0.855. The Morgan fingerprint density at radius 1 is 1.29 bits per heavy atom. The summed E-state index contributed by atoms with van der Waals surface area (Å²) in [5, 5.41) is 4.39. The largest absolute Gasteiger partial charge is 0.310 e. The predicted octanol–water partition coefficient (Wildman–Crippen LogP) is 3.71. The van der Waals surface area contributed by atoms with Crippen LogP contribution in [0.3, 0.4) is 0 Å². The van der Waals surface area contributed by atoms with E-state index in [4.69, 9.17) is 0 Å². The zero-order valence-corrected chi connectivity index (χ0v) is 11.6. The van der Waals surface area contributed by atoms with Crippen molar-refractivity contribution in [3.63, 3.8) is 0 Å². The molecule has 0 radical (unpaired) electrons. The zero-order chi connectivity index (χ0) is 11.8. The fourth-order valence-electron chi connectivity index (χ4n) is 3.16. The van der Waals surface area contributed by atoms with Gasteiger partial charge in [0.2, 0.25) is 0 Å². The van der Waals surface area contributed by atoms with Crippen LogP contribution in [0.5, 0.6) is 0 Å². The van der Waals surface area contributed by atoms with Crippen molar-refractivity contribution in [2.75, 3.05) is 6.54 Å². The van der Waals surface area contributed by atoms with Gasteiger partial charge in [0.25, 0.3) is 0 Å². The fraction of sp³-hybridized carbons (Fsp3) is 0.600. The van der Waals surface area contributed by atoms with Gasteiger partial charge in [-0.15, -0.1) is 11.8 Å². The van der Waals surface area contributed by atoms with Gasteiger partial charge < -0.3 is 5.32 Å². The summed E-state index contributed by atoms with van der Waals surface area (Å²) in [5.74, 6) is 0. The van der Waals surface area contributed by atoms with Crippen molar-refractivity contribution in [2.24, 2.45) is 0 Å². The molecule has 0 saturated heterocycles. The van der Waals surface area contributed by atoms with E-state index in [0.717, 1.165) is 11.8 Å². The molecule has 2 atom stereocenters. The number of nitrogens with one attached hydrogen (secondary N) is 1. The molecule has 0 aromatic heterocycles. The number of rotatable bonds is 2. The maximum Gasteiger partial charge on any atom is 0.0341 e. The molecule has 3 rings (SSSR count). The van der Waals surface area contributed by atoms with E-state index in [0.29, 0.717) is 6.04 Å². The second-order valence-electron chi connectivity index (χ2n) is 5.29. The highest BCUT2D eigenvalue weighted by molar-refractivity contribution is 8.00. The summed E-state index contributed by atoms with van der Waals surface area (Å²) in [6, 6.07) is 5.55. The molecular formula is C15H21NS. The molecule has 1 aromatic carbocycles. The van der Waals surface area contributed by atoms with Crippen molar-refractivity contribution in [1.29, 1.82) is 0 Å². The molecule has 1 aliphatic carbocycles. The van der Waals surface area contributed by atoms with E-state index in [1.807, 2.05) is 0 Å². The van der Waals surface area contributed by atoms with E-state index in [1.54, 1.807) is 16.7 Å². The summed E-state index contributed by atoms with van der Waals surface area (Å²) in [6.45, 7) is 5.63. The summed E-state index contributed by atoms with van der Waals surface area (Å²) in [6.07, 6.45) is 5.21. The second kappa shape index (κ2) is 4.66. The molecule has 0 bridgehead atoms. The van der Waals surface area contributed by atoms with Crippen molar-refractivity contribution >= 4 is 11.8 Å². The Morgan fingerprint density at radius 3 is 2.82 bits per heavy atom. The molecule has 0 amide bonds. The highest BCUT2D eigenvalue weighted by Crippen LogP contribution is 2.43. The van der Waals surface area contributed by atoms with Crippen molar-refractivity contribution in [3.05, 3.63) is 28.8 Å².